The van der Waals surface area contributed by atoms with Crippen LogP contribution in [0, 0.1) is 0 Å². The Morgan fingerprint density at radius 1 is 1.29 bits per heavy atom. The Bertz CT molecular complexity index is 590. The van der Waals surface area contributed by atoms with Gasteiger partial charge in [0.15, 0.2) is 0 Å². The van der Waals surface area contributed by atoms with E-state index in [4.69, 9.17) is 17.3 Å². The molecule has 5 nitrogen and oxygen atoms in total. The monoisotopic (exact) mass is 307 g/mol. The molecule has 2 aliphatic heterocycles. The van der Waals surface area contributed by atoms with Gasteiger partial charge in [-0.2, -0.15) is 0 Å². The van der Waals surface area contributed by atoms with Crippen molar-refractivity contribution >= 4 is 29.1 Å². The molecule has 1 atom stereocenters. The lowest BCUT2D eigenvalue weighted by Crippen LogP contribution is -2.60. The second kappa shape index (κ2) is 5.56. The first-order chi connectivity index (χ1) is 10.1. The zero-order chi connectivity index (χ0) is 15.0. The van der Waals surface area contributed by atoms with Crippen molar-refractivity contribution in [3.63, 3.8) is 0 Å². The molecule has 2 aliphatic rings. The van der Waals surface area contributed by atoms with E-state index in [1.807, 2.05) is 6.07 Å². The molecule has 6 heteroatoms. The Morgan fingerprint density at radius 3 is 2.86 bits per heavy atom. The van der Waals surface area contributed by atoms with Gasteiger partial charge in [0, 0.05) is 23.8 Å². The van der Waals surface area contributed by atoms with Gasteiger partial charge in [0.05, 0.1) is 0 Å². The van der Waals surface area contributed by atoms with Gasteiger partial charge in [-0.1, -0.05) is 17.7 Å². The lowest BCUT2D eigenvalue weighted by atomic mass is 9.98. The van der Waals surface area contributed by atoms with Crippen LogP contribution in [0.25, 0.3) is 0 Å². The van der Waals surface area contributed by atoms with E-state index in [9.17, 15) is 9.59 Å². The summed E-state index contributed by atoms with van der Waals surface area (Å²) in [6.07, 6.45) is 2.74. The largest absolute Gasteiger partial charge is 0.398 e. The summed E-state index contributed by atoms with van der Waals surface area (Å²) in [7, 11) is 0. The molecule has 2 amide bonds. The van der Waals surface area contributed by atoms with E-state index >= 15 is 0 Å². The number of rotatable bonds is 2. The number of nitrogens with two attached hydrogens (primary N) is 1. The fourth-order valence-corrected chi connectivity index (χ4v) is 3.26. The second-order valence-corrected chi connectivity index (χ2v) is 6.07. The number of fused-ring (bicyclic) bond motifs is 1. The molecular formula is C15H18ClN3O2. The van der Waals surface area contributed by atoms with Crippen LogP contribution in [-0.4, -0.2) is 40.7 Å². The molecule has 112 valence electrons. The van der Waals surface area contributed by atoms with Crippen LogP contribution >= 0.6 is 11.6 Å². The number of anilines is 1. The molecule has 2 heterocycles. The van der Waals surface area contributed by atoms with Crippen molar-refractivity contribution in [1.29, 1.82) is 0 Å². The molecule has 2 fully saturated rings. The average molecular weight is 308 g/mol. The summed E-state index contributed by atoms with van der Waals surface area (Å²) in [4.78, 5) is 28.1. The number of nitrogens with zero attached hydrogens (tertiary/aromatic N) is 2. The molecule has 0 bridgehead atoms. The van der Waals surface area contributed by atoms with Gasteiger partial charge in [-0.25, -0.2) is 0 Å². The van der Waals surface area contributed by atoms with Crippen molar-refractivity contribution in [2.75, 3.05) is 18.8 Å². The highest BCUT2D eigenvalue weighted by Gasteiger charge is 2.40. The van der Waals surface area contributed by atoms with Crippen molar-refractivity contribution in [3.8, 4) is 0 Å². The summed E-state index contributed by atoms with van der Waals surface area (Å²) in [6.45, 7) is 1.20. The van der Waals surface area contributed by atoms with Gasteiger partial charge in [0.1, 0.15) is 12.6 Å². The van der Waals surface area contributed by atoms with Gasteiger partial charge in [0.2, 0.25) is 11.8 Å². The van der Waals surface area contributed by atoms with Gasteiger partial charge in [-0.3, -0.25) is 9.59 Å². The molecule has 0 spiro atoms. The molecule has 3 rings (SSSR count). The lowest BCUT2D eigenvalue weighted by Gasteiger charge is -2.42. The Labute approximate surface area is 128 Å². The van der Waals surface area contributed by atoms with Crippen molar-refractivity contribution in [1.82, 2.24) is 9.80 Å². The highest BCUT2D eigenvalue weighted by molar-refractivity contribution is 6.30. The van der Waals surface area contributed by atoms with E-state index < -0.39 is 0 Å². The van der Waals surface area contributed by atoms with Crippen LogP contribution in [0.1, 0.15) is 24.8 Å². The van der Waals surface area contributed by atoms with Gasteiger partial charge in [0.25, 0.3) is 0 Å². The Morgan fingerprint density at radius 2 is 2.10 bits per heavy atom. The number of hydrogen-bond acceptors (Lipinski definition) is 3. The molecule has 0 radical (unpaired) electrons. The van der Waals surface area contributed by atoms with Crippen molar-refractivity contribution < 1.29 is 9.59 Å². The minimum atomic E-state index is -0.284. The number of piperidine rings is 1. The zero-order valence-corrected chi connectivity index (χ0v) is 12.5. The number of nitrogen functional groups attached to an aromatic ring is 1. The second-order valence-electron chi connectivity index (χ2n) is 5.64. The van der Waals surface area contributed by atoms with Crippen LogP contribution in [0.3, 0.4) is 0 Å². The topological polar surface area (TPSA) is 66.6 Å². The number of benzene rings is 1. The average Bonchev–Trinajstić information content (AvgIpc) is 2.47. The predicted molar refractivity (Wildman–Crippen MR) is 80.6 cm³/mol. The summed E-state index contributed by atoms with van der Waals surface area (Å²) in [6, 6.07) is 4.94. The van der Waals surface area contributed by atoms with Crippen LogP contribution in [0.2, 0.25) is 5.02 Å². The molecule has 2 saturated heterocycles. The first-order valence-corrected chi connectivity index (χ1v) is 7.56. The zero-order valence-electron chi connectivity index (χ0n) is 11.7. The Kier molecular flexibility index (Phi) is 3.76. The molecule has 1 aromatic carbocycles. The number of hydrogen-bond donors (Lipinski definition) is 1. The van der Waals surface area contributed by atoms with Crippen LogP contribution in [0.5, 0.6) is 0 Å². The number of carbonyl (C=O) groups is 2. The summed E-state index contributed by atoms with van der Waals surface area (Å²) < 4.78 is 0. The van der Waals surface area contributed by atoms with Crippen LogP contribution in [-0.2, 0) is 16.1 Å². The van der Waals surface area contributed by atoms with Gasteiger partial charge in [-0.05, 0) is 37.0 Å². The summed E-state index contributed by atoms with van der Waals surface area (Å²) in [5.41, 5.74) is 7.31. The van der Waals surface area contributed by atoms with Gasteiger partial charge in [-0.15, -0.1) is 0 Å². The molecular weight excluding hydrogens is 290 g/mol. The minimum Gasteiger partial charge on any atom is -0.398 e. The summed E-state index contributed by atoms with van der Waals surface area (Å²) in [5, 5.41) is 0.566. The van der Waals surface area contributed by atoms with Gasteiger partial charge >= 0.3 is 0 Å². The fraction of sp³-hybridized carbons (Fsp3) is 0.467. The third-order valence-electron chi connectivity index (χ3n) is 4.22. The smallest absolute Gasteiger partial charge is 0.246 e. The van der Waals surface area contributed by atoms with Crippen LogP contribution < -0.4 is 5.73 Å². The molecule has 0 saturated carbocycles. The summed E-state index contributed by atoms with van der Waals surface area (Å²) in [5.74, 6) is 0.0653. The Balaban J connectivity index is 1.79. The molecule has 1 unspecified atom stereocenters. The normalized spacial score (nSPS) is 22.4. The molecule has 0 aromatic heterocycles. The highest BCUT2D eigenvalue weighted by atomic mass is 35.5. The van der Waals surface area contributed by atoms with E-state index in [0.717, 1.165) is 24.8 Å². The number of piperazine rings is 1. The van der Waals surface area contributed by atoms with E-state index in [1.165, 1.54) is 0 Å². The molecule has 2 N–H and O–H groups in total. The maximum atomic E-state index is 12.6. The van der Waals surface area contributed by atoms with E-state index in [1.54, 1.807) is 21.9 Å². The first-order valence-electron chi connectivity index (χ1n) is 7.18. The maximum absolute atomic E-state index is 12.6. The lowest BCUT2D eigenvalue weighted by molar-refractivity contribution is -0.158. The Hall–Kier alpha value is -1.75. The van der Waals surface area contributed by atoms with Crippen molar-refractivity contribution in [2.24, 2.45) is 0 Å². The van der Waals surface area contributed by atoms with Gasteiger partial charge < -0.3 is 15.5 Å². The number of amides is 2. The third kappa shape index (κ3) is 2.70. The maximum Gasteiger partial charge on any atom is 0.246 e. The highest BCUT2D eigenvalue weighted by Crippen LogP contribution is 2.26. The minimum absolute atomic E-state index is 0.0312. The van der Waals surface area contributed by atoms with E-state index in [-0.39, 0.29) is 24.4 Å². The molecule has 0 aliphatic carbocycles. The molecule has 21 heavy (non-hydrogen) atoms. The quantitative estimate of drug-likeness (QED) is 0.845. The summed E-state index contributed by atoms with van der Waals surface area (Å²) >= 11 is 5.88. The molecule has 1 aromatic rings. The first kappa shape index (κ1) is 14.2. The van der Waals surface area contributed by atoms with Crippen molar-refractivity contribution in [3.05, 3.63) is 28.8 Å². The fourth-order valence-electron chi connectivity index (χ4n) is 3.08. The predicted octanol–water partition coefficient (Wildman–Crippen LogP) is 1.65. The van der Waals surface area contributed by atoms with Crippen molar-refractivity contribution in [2.45, 2.75) is 31.8 Å². The number of halogens is 1. The van der Waals surface area contributed by atoms with E-state index in [0.29, 0.717) is 23.8 Å². The number of carbonyl (C=O) groups excluding carboxylic acids is 2. The SMILES string of the molecule is Nc1cc(Cl)ccc1CN1CC(=O)N2CCCCC2C1=O. The van der Waals surface area contributed by atoms with E-state index in [2.05, 4.69) is 0 Å². The van der Waals surface area contributed by atoms with Crippen LogP contribution in [0.4, 0.5) is 5.69 Å². The standard InChI is InChI=1S/C15H18ClN3O2/c16-11-5-4-10(12(17)7-11)8-18-9-14(20)19-6-2-1-3-13(19)15(18)21/h4-5,7,13H,1-3,6,8-9,17H2. The van der Waals surface area contributed by atoms with Crippen LogP contribution in [0.15, 0.2) is 18.2 Å². The third-order valence-corrected chi connectivity index (χ3v) is 4.45.